The first-order valence-corrected chi connectivity index (χ1v) is 11.4. The Morgan fingerprint density at radius 2 is 2.07 bits per heavy atom. The number of carbonyl (C=O) groups excluding carboxylic acids is 1. The number of rotatable bonds is 7. The molecule has 12 heteroatoms. The van der Waals surface area contributed by atoms with E-state index in [9.17, 15) is 9.59 Å². The number of hydrogen-bond acceptors (Lipinski definition) is 10. The smallest absolute Gasteiger partial charge is 0.275 e. The molecular weight excluding hydrogens is 444 g/mol. The number of ether oxygens (including phenoxy) is 1. The van der Waals surface area contributed by atoms with Crippen LogP contribution in [0.5, 0.6) is 5.75 Å². The highest BCUT2D eigenvalue weighted by Gasteiger charge is 2.12. The molecule has 0 aliphatic carbocycles. The van der Waals surface area contributed by atoms with Gasteiger partial charge in [0.2, 0.25) is 10.1 Å². The van der Waals surface area contributed by atoms with Crippen molar-refractivity contribution in [2.45, 2.75) is 23.9 Å². The Kier molecular flexibility index (Phi) is 6.06. The van der Waals surface area contributed by atoms with Crippen LogP contribution in [0.1, 0.15) is 16.3 Å². The molecule has 0 saturated heterocycles. The first kappa shape index (κ1) is 20.4. The molecule has 3 heterocycles. The minimum Gasteiger partial charge on any atom is -0.483 e. The predicted molar refractivity (Wildman–Crippen MR) is 117 cm³/mol. The highest BCUT2D eigenvalue weighted by atomic mass is 32.2. The zero-order valence-electron chi connectivity index (χ0n) is 16.0. The maximum Gasteiger partial charge on any atom is 0.275 e. The zero-order valence-corrected chi connectivity index (χ0v) is 18.4. The van der Waals surface area contributed by atoms with E-state index < -0.39 is 0 Å². The number of amides is 1. The van der Waals surface area contributed by atoms with Crippen molar-refractivity contribution in [1.29, 1.82) is 0 Å². The third-order valence-electron chi connectivity index (χ3n) is 3.85. The number of fused-ring (bicyclic) bond motifs is 1. The van der Waals surface area contributed by atoms with Gasteiger partial charge < -0.3 is 4.74 Å². The van der Waals surface area contributed by atoms with Crippen LogP contribution in [0.15, 0.2) is 39.5 Å². The van der Waals surface area contributed by atoms with Crippen molar-refractivity contribution in [3.05, 3.63) is 57.0 Å². The lowest BCUT2D eigenvalue weighted by Gasteiger charge is -2.07. The average molecular weight is 461 g/mol. The van der Waals surface area contributed by atoms with Gasteiger partial charge in [0.1, 0.15) is 10.8 Å². The van der Waals surface area contributed by atoms with Crippen LogP contribution in [-0.4, -0.2) is 37.3 Å². The molecule has 1 aromatic carbocycles. The molecule has 154 valence electrons. The van der Waals surface area contributed by atoms with Crippen LogP contribution >= 0.6 is 34.4 Å². The molecule has 1 amide bonds. The molecule has 3 aromatic heterocycles. The van der Waals surface area contributed by atoms with Crippen LogP contribution in [0.25, 0.3) is 4.96 Å². The number of para-hydroxylation sites is 1. The SMILES string of the molecule is Cc1nn2c(=O)cc(CSc3nnc(NC(=O)COc4ccccc4C)s3)nc2s1. The Morgan fingerprint density at radius 3 is 2.90 bits per heavy atom. The third kappa shape index (κ3) is 4.83. The van der Waals surface area contributed by atoms with Gasteiger partial charge in [0.05, 0.1) is 5.69 Å². The molecule has 4 rings (SSSR count). The number of carbonyl (C=O) groups is 1. The van der Waals surface area contributed by atoms with Crippen LogP contribution in [0, 0.1) is 13.8 Å². The highest BCUT2D eigenvalue weighted by molar-refractivity contribution is 8.00. The summed E-state index contributed by atoms with van der Waals surface area (Å²) in [6.07, 6.45) is 0. The lowest BCUT2D eigenvalue weighted by molar-refractivity contribution is -0.118. The molecule has 0 radical (unpaired) electrons. The van der Waals surface area contributed by atoms with Crippen LogP contribution in [0.2, 0.25) is 0 Å². The van der Waals surface area contributed by atoms with Crippen molar-refractivity contribution in [1.82, 2.24) is 24.8 Å². The summed E-state index contributed by atoms with van der Waals surface area (Å²) in [5, 5.41) is 16.0. The largest absolute Gasteiger partial charge is 0.483 e. The highest BCUT2D eigenvalue weighted by Crippen LogP contribution is 2.28. The predicted octanol–water partition coefficient (Wildman–Crippen LogP) is 2.93. The maximum absolute atomic E-state index is 12.1. The fourth-order valence-electron chi connectivity index (χ4n) is 2.50. The molecule has 0 unspecified atom stereocenters. The minimum absolute atomic E-state index is 0.116. The summed E-state index contributed by atoms with van der Waals surface area (Å²) < 4.78 is 7.48. The summed E-state index contributed by atoms with van der Waals surface area (Å²) in [5.74, 6) is 0.811. The van der Waals surface area contributed by atoms with Gasteiger partial charge in [-0.2, -0.15) is 9.61 Å². The van der Waals surface area contributed by atoms with E-state index in [0.29, 0.717) is 31.6 Å². The molecule has 0 saturated carbocycles. The molecule has 1 N–H and O–H groups in total. The number of thioether (sulfide) groups is 1. The molecule has 9 nitrogen and oxygen atoms in total. The number of aromatic nitrogens is 5. The lowest BCUT2D eigenvalue weighted by atomic mass is 10.2. The molecular formula is C18H16N6O3S3. The molecule has 0 aliphatic rings. The summed E-state index contributed by atoms with van der Waals surface area (Å²) >= 11 is 4.01. The van der Waals surface area contributed by atoms with Gasteiger partial charge in [-0.25, -0.2) is 4.98 Å². The fourth-order valence-corrected chi connectivity index (χ4v) is 4.92. The minimum atomic E-state index is -0.313. The van der Waals surface area contributed by atoms with Gasteiger partial charge >= 0.3 is 0 Å². The van der Waals surface area contributed by atoms with Crippen molar-refractivity contribution in [3.63, 3.8) is 0 Å². The van der Waals surface area contributed by atoms with E-state index in [2.05, 4.69) is 25.6 Å². The van der Waals surface area contributed by atoms with Crippen LogP contribution in [-0.2, 0) is 10.5 Å². The summed E-state index contributed by atoms with van der Waals surface area (Å²) in [6, 6.07) is 8.95. The van der Waals surface area contributed by atoms with Crippen LogP contribution in [0.4, 0.5) is 5.13 Å². The lowest BCUT2D eigenvalue weighted by Crippen LogP contribution is -2.20. The van der Waals surface area contributed by atoms with Gasteiger partial charge in [0, 0.05) is 11.8 Å². The summed E-state index contributed by atoms with van der Waals surface area (Å²) in [7, 11) is 0. The van der Waals surface area contributed by atoms with Crippen molar-refractivity contribution < 1.29 is 9.53 Å². The standard InChI is InChI=1S/C18H16N6O3S3/c1-10-5-3-4-6-13(10)27-8-14(25)20-16-21-22-18(30-16)28-9-12-7-15(26)24-17(19-12)29-11(2)23-24/h3-7H,8-9H2,1-2H3,(H,20,21,25). The second-order valence-electron chi connectivity index (χ2n) is 6.17. The molecule has 0 spiro atoms. The Bertz CT molecular complexity index is 1270. The van der Waals surface area contributed by atoms with E-state index in [1.807, 2.05) is 38.1 Å². The second kappa shape index (κ2) is 8.90. The van der Waals surface area contributed by atoms with Gasteiger partial charge in [-0.15, -0.1) is 10.2 Å². The second-order valence-corrected chi connectivity index (χ2v) is 9.53. The number of hydrogen-bond donors (Lipinski definition) is 1. The van der Waals surface area contributed by atoms with Crippen LogP contribution in [0.3, 0.4) is 0 Å². The van der Waals surface area contributed by atoms with Gasteiger partial charge in [0.25, 0.3) is 11.5 Å². The van der Waals surface area contributed by atoms with Crippen molar-refractivity contribution >= 4 is 50.4 Å². The van der Waals surface area contributed by atoms with Crippen LogP contribution < -0.4 is 15.6 Å². The van der Waals surface area contributed by atoms with Crippen molar-refractivity contribution in [2.24, 2.45) is 0 Å². The molecule has 0 fully saturated rings. The number of anilines is 1. The number of nitrogens with one attached hydrogen (secondary N) is 1. The summed E-state index contributed by atoms with van der Waals surface area (Å²) in [6.45, 7) is 3.63. The molecule has 30 heavy (non-hydrogen) atoms. The molecule has 0 aliphatic heterocycles. The van der Waals surface area contributed by atoms with Crippen molar-refractivity contribution in [3.8, 4) is 5.75 Å². The van der Waals surface area contributed by atoms with Crippen molar-refractivity contribution in [2.75, 3.05) is 11.9 Å². The fraction of sp³-hybridized carbons (Fsp3) is 0.222. The number of benzene rings is 1. The Morgan fingerprint density at radius 1 is 1.23 bits per heavy atom. The van der Waals surface area contributed by atoms with Gasteiger partial charge in [-0.3, -0.25) is 14.9 Å². The summed E-state index contributed by atoms with van der Waals surface area (Å²) in [5.41, 5.74) is 1.39. The maximum atomic E-state index is 12.1. The molecule has 4 aromatic rings. The topological polar surface area (TPSA) is 111 Å². The Labute approximate surface area is 183 Å². The Balaban J connectivity index is 1.32. The van der Waals surface area contributed by atoms with E-state index in [-0.39, 0.29) is 18.1 Å². The monoisotopic (exact) mass is 460 g/mol. The first-order chi connectivity index (χ1) is 14.5. The van der Waals surface area contributed by atoms with E-state index in [1.165, 1.54) is 45.0 Å². The number of nitrogens with zero attached hydrogens (tertiary/aromatic N) is 5. The van der Waals surface area contributed by atoms with Gasteiger partial charge in [-0.1, -0.05) is 52.6 Å². The summed E-state index contributed by atoms with van der Waals surface area (Å²) in [4.78, 5) is 29.2. The van der Waals surface area contributed by atoms with Gasteiger partial charge in [0.15, 0.2) is 10.9 Å². The quantitative estimate of drug-likeness (QED) is 0.331. The van der Waals surface area contributed by atoms with Gasteiger partial charge in [-0.05, 0) is 25.5 Å². The normalized spacial score (nSPS) is 11.0. The molecule has 0 atom stereocenters. The van der Waals surface area contributed by atoms with E-state index in [1.54, 1.807) is 0 Å². The first-order valence-electron chi connectivity index (χ1n) is 8.79. The molecule has 0 bridgehead atoms. The Hall–Kier alpha value is -2.83. The van der Waals surface area contributed by atoms with E-state index in [4.69, 9.17) is 4.74 Å². The average Bonchev–Trinajstić information content (AvgIpc) is 3.31. The number of aryl methyl sites for hydroxylation is 2. The van der Waals surface area contributed by atoms with E-state index in [0.717, 1.165) is 10.6 Å². The van der Waals surface area contributed by atoms with E-state index >= 15 is 0 Å². The zero-order chi connectivity index (χ0) is 21.1. The third-order valence-corrected chi connectivity index (χ3v) is 6.68.